The third-order valence-corrected chi connectivity index (χ3v) is 6.45. The number of ether oxygens (including phenoxy) is 1. The molecule has 0 aromatic heterocycles. The largest absolute Gasteiger partial charge is 0.455 e. The molecule has 146 valence electrons. The first-order chi connectivity index (χ1) is 13.0. The van der Waals surface area contributed by atoms with E-state index in [2.05, 4.69) is 29.6 Å². The number of carbonyl (C=O) groups excluding carboxylic acids is 3. The van der Waals surface area contributed by atoms with Crippen LogP contribution in [0.2, 0.25) is 0 Å². The van der Waals surface area contributed by atoms with E-state index in [4.69, 9.17) is 4.74 Å². The average Bonchev–Trinajstić information content (AvgIpc) is 2.64. The number of carbonyl (C=O) groups is 3. The van der Waals surface area contributed by atoms with Crippen LogP contribution in [-0.2, 0) is 19.1 Å². The highest BCUT2D eigenvalue weighted by Gasteiger charge is 2.41. The summed E-state index contributed by atoms with van der Waals surface area (Å²) in [5.74, 6) is 0.280. The summed E-state index contributed by atoms with van der Waals surface area (Å²) in [6.45, 7) is 2.33. The molecule has 6 heteroatoms. The number of ketones is 1. The Morgan fingerprint density at radius 3 is 2.48 bits per heavy atom. The van der Waals surface area contributed by atoms with Crippen LogP contribution in [0.1, 0.15) is 37.7 Å². The van der Waals surface area contributed by atoms with Gasteiger partial charge in [-0.05, 0) is 44.7 Å². The van der Waals surface area contributed by atoms with E-state index in [1.165, 1.54) is 10.5 Å². The lowest BCUT2D eigenvalue weighted by atomic mass is 9.67. The first-order valence-electron chi connectivity index (χ1n) is 9.69. The summed E-state index contributed by atoms with van der Waals surface area (Å²) in [4.78, 5) is 37.4. The number of rotatable bonds is 7. The van der Waals surface area contributed by atoms with E-state index in [0.717, 1.165) is 25.0 Å². The van der Waals surface area contributed by atoms with Gasteiger partial charge in [-0.2, -0.15) is 0 Å². The molecule has 27 heavy (non-hydrogen) atoms. The smallest absolute Gasteiger partial charge is 0.309 e. The van der Waals surface area contributed by atoms with E-state index in [1.54, 1.807) is 11.8 Å². The molecule has 2 saturated carbocycles. The van der Waals surface area contributed by atoms with Crippen molar-refractivity contribution in [2.45, 2.75) is 43.9 Å². The predicted octanol–water partition coefficient (Wildman–Crippen LogP) is 3.14. The van der Waals surface area contributed by atoms with Crippen molar-refractivity contribution in [3.05, 3.63) is 29.8 Å². The Morgan fingerprint density at radius 2 is 1.81 bits per heavy atom. The van der Waals surface area contributed by atoms with Crippen molar-refractivity contribution in [3.63, 3.8) is 0 Å². The molecule has 1 aromatic rings. The molecule has 5 nitrogen and oxygen atoms in total. The highest BCUT2D eigenvalue weighted by atomic mass is 32.2. The monoisotopic (exact) mass is 389 g/mol. The van der Waals surface area contributed by atoms with E-state index in [-0.39, 0.29) is 36.2 Å². The maximum absolute atomic E-state index is 12.3. The van der Waals surface area contributed by atoms with Crippen LogP contribution >= 0.6 is 11.8 Å². The molecule has 2 aliphatic rings. The third kappa shape index (κ3) is 5.58. The van der Waals surface area contributed by atoms with Crippen molar-refractivity contribution in [2.24, 2.45) is 17.8 Å². The second-order valence-corrected chi connectivity index (χ2v) is 8.68. The number of hydrogen-bond donors (Lipinski definition) is 1. The number of benzene rings is 1. The summed E-state index contributed by atoms with van der Waals surface area (Å²) in [6, 6.07) is 8.25. The zero-order valence-corrected chi connectivity index (χ0v) is 16.6. The van der Waals surface area contributed by atoms with Gasteiger partial charge in [-0.3, -0.25) is 14.4 Å². The molecule has 1 N–H and O–H groups in total. The van der Waals surface area contributed by atoms with Crippen molar-refractivity contribution in [3.8, 4) is 0 Å². The minimum absolute atomic E-state index is 0.0164. The SMILES string of the molecule is Cc1ccc(SCCNC(=O)COC(=O)C2C[C@H]3CCC[C@@H](C2)C3=O)cc1. The van der Waals surface area contributed by atoms with Crippen LogP contribution in [-0.4, -0.2) is 36.6 Å². The van der Waals surface area contributed by atoms with Crippen molar-refractivity contribution >= 4 is 29.4 Å². The lowest BCUT2D eigenvalue weighted by Gasteiger charge is -2.36. The second kappa shape index (κ2) is 9.40. The van der Waals surface area contributed by atoms with E-state index >= 15 is 0 Å². The fraction of sp³-hybridized carbons (Fsp3) is 0.571. The van der Waals surface area contributed by atoms with Crippen molar-refractivity contribution in [2.75, 3.05) is 18.9 Å². The molecule has 0 saturated heterocycles. The van der Waals surface area contributed by atoms with E-state index in [9.17, 15) is 14.4 Å². The van der Waals surface area contributed by atoms with Gasteiger partial charge in [-0.25, -0.2) is 0 Å². The molecular weight excluding hydrogens is 362 g/mol. The number of fused-ring (bicyclic) bond motifs is 2. The Kier molecular flexibility index (Phi) is 6.94. The first kappa shape index (κ1) is 19.9. The quantitative estimate of drug-likeness (QED) is 0.441. The number of thioether (sulfide) groups is 1. The zero-order valence-electron chi connectivity index (χ0n) is 15.7. The Labute approximate surface area is 164 Å². The topological polar surface area (TPSA) is 72.5 Å². The number of aryl methyl sites for hydroxylation is 1. The zero-order chi connectivity index (χ0) is 19.2. The normalized spacial score (nSPS) is 24.3. The van der Waals surface area contributed by atoms with Gasteiger partial charge in [0.25, 0.3) is 5.91 Å². The van der Waals surface area contributed by atoms with Crippen molar-refractivity contribution < 1.29 is 19.1 Å². The van der Waals surface area contributed by atoms with Gasteiger partial charge < -0.3 is 10.1 Å². The Bertz CT molecular complexity index is 672. The fourth-order valence-electron chi connectivity index (χ4n) is 3.97. The van der Waals surface area contributed by atoms with Crippen LogP contribution in [0.3, 0.4) is 0 Å². The van der Waals surface area contributed by atoms with Gasteiger partial charge in [0.1, 0.15) is 5.78 Å². The summed E-state index contributed by atoms with van der Waals surface area (Å²) in [6.07, 6.45) is 4.02. The standard InChI is InChI=1S/C21H27NO4S/c1-14-5-7-18(8-6-14)27-10-9-22-19(23)13-26-21(25)17-11-15-3-2-4-16(12-17)20(15)24/h5-8,15-17H,2-4,9-13H2,1H3,(H,22,23)/t15-,16+,17?. The van der Waals surface area contributed by atoms with Gasteiger partial charge in [0.15, 0.2) is 6.61 Å². The first-order valence-corrected chi connectivity index (χ1v) is 10.7. The Hall–Kier alpha value is -1.82. The summed E-state index contributed by atoms with van der Waals surface area (Å²) < 4.78 is 5.20. The van der Waals surface area contributed by atoms with Gasteiger partial charge in [-0.1, -0.05) is 24.1 Å². The van der Waals surface area contributed by atoms with Crippen molar-refractivity contribution in [1.82, 2.24) is 5.32 Å². The average molecular weight is 390 g/mol. The molecule has 2 bridgehead atoms. The molecule has 3 rings (SSSR count). The minimum Gasteiger partial charge on any atom is -0.455 e. The molecular formula is C21H27NO4S. The van der Waals surface area contributed by atoms with Crippen molar-refractivity contribution in [1.29, 1.82) is 0 Å². The number of esters is 1. The molecule has 0 radical (unpaired) electrons. The molecule has 1 unspecified atom stereocenters. The molecule has 0 spiro atoms. The molecule has 1 amide bonds. The van der Waals surface area contributed by atoms with E-state index < -0.39 is 0 Å². The van der Waals surface area contributed by atoms with Crippen LogP contribution < -0.4 is 5.32 Å². The Morgan fingerprint density at radius 1 is 1.15 bits per heavy atom. The summed E-state index contributed by atoms with van der Waals surface area (Å²) in [5.41, 5.74) is 1.22. The number of amides is 1. The Balaban J connectivity index is 1.32. The maximum Gasteiger partial charge on any atom is 0.309 e. The molecule has 2 fully saturated rings. The maximum atomic E-state index is 12.3. The lowest BCUT2D eigenvalue weighted by Crippen LogP contribution is -2.40. The summed E-state index contributed by atoms with van der Waals surface area (Å²) in [7, 11) is 0. The van der Waals surface area contributed by atoms with Crippen LogP contribution in [0.5, 0.6) is 0 Å². The third-order valence-electron chi connectivity index (χ3n) is 5.44. The summed E-state index contributed by atoms with van der Waals surface area (Å²) in [5, 5.41) is 2.78. The van der Waals surface area contributed by atoms with Gasteiger partial charge in [0.2, 0.25) is 0 Å². The number of Topliss-reactive ketones (excluding diaryl/α,β-unsaturated/α-hetero) is 1. The highest BCUT2D eigenvalue weighted by molar-refractivity contribution is 7.99. The lowest BCUT2D eigenvalue weighted by molar-refractivity contribution is -0.156. The second-order valence-electron chi connectivity index (χ2n) is 7.51. The van der Waals surface area contributed by atoms with Gasteiger partial charge in [0, 0.05) is 29.0 Å². The molecule has 1 aromatic carbocycles. The van der Waals surface area contributed by atoms with Gasteiger partial charge in [0.05, 0.1) is 5.92 Å². The van der Waals surface area contributed by atoms with Crippen LogP contribution in [0.25, 0.3) is 0 Å². The van der Waals surface area contributed by atoms with Gasteiger partial charge in [-0.15, -0.1) is 11.8 Å². The minimum atomic E-state index is -0.330. The fourth-order valence-corrected chi connectivity index (χ4v) is 4.74. The molecule has 3 atom stereocenters. The number of nitrogens with one attached hydrogen (secondary N) is 1. The number of hydrogen-bond acceptors (Lipinski definition) is 5. The highest BCUT2D eigenvalue weighted by Crippen LogP contribution is 2.40. The summed E-state index contributed by atoms with van der Waals surface area (Å²) >= 11 is 1.67. The molecule has 2 aliphatic carbocycles. The van der Waals surface area contributed by atoms with Crippen LogP contribution in [0, 0.1) is 24.7 Å². The predicted molar refractivity (Wildman–Crippen MR) is 104 cm³/mol. The van der Waals surface area contributed by atoms with Gasteiger partial charge >= 0.3 is 5.97 Å². The van der Waals surface area contributed by atoms with Crippen LogP contribution in [0.4, 0.5) is 0 Å². The van der Waals surface area contributed by atoms with E-state index in [0.29, 0.717) is 25.2 Å². The van der Waals surface area contributed by atoms with E-state index in [1.807, 2.05) is 6.92 Å². The molecule has 0 heterocycles. The molecule has 0 aliphatic heterocycles. The van der Waals surface area contributed by atoms with Crippen LogP contribution in [0.15, 0.2) is 29.2 Å².